The smallest absolute Gasteiger partial charge is 0.245 e. The van der Waals surface area contributed by atoms with E-state index in [-0.39, 0.29) is 122 Å². The Kier molecular flexibility index (Phi) is 114. The molecular formula is C103H184ClN3O17S3. The minimum Gasteiger partial charge on any atom is -0.352 e. The predicted octanol–water partition coefficient (Wildman–Crippen LogP) is 22.9. The molecule has 0 aliphatic rings. The molecule has 0 saturated carbocycles. The topological polar surface area (TPSA) is 309 Å². The van der Waals surface area contributed by atoms with Gasteiger partial charge in [-0.05, 0) is 201 Å². The van der Waals surface area contributed by atoms with Gasteiger partial charge in [-0.15, -0.1) is 18.0 Å². The fourth-order valence-corrected chi connectivity index (χ4v) is 11.4. The molecule has 24 heteroatoms. The number of hydrogen-bond donors (Lipinski definition) is 1. The highest BCUT2D eigenvalue weighted by atomic mass is 35.5. The van der Waals surface area contributed by atoms with Crippen molar-refractivity contribution in [3.8, 4) is 24.2 Å². The number of ketones is 9. The first-order valence-electron chi connectivity index (χ1n) is 43.8. The van der Waals surface area contributed by atoms with Crippen molar-refractivity contribution < 1.29 is 78.0 Å². The number of sulfone groups is 3. The molecular weight excluding hydrogens is 1680 g/mol. The summed E-state index contributed by atoms with van der Waals surface area (Å²) in [5, 5.41) is 4.94. The van der Waals surface area contributed by atoms with Gasteiger partial charge in [0.05, 0.1) is 17.3 Å². The molecule has 0 rings (SSSR count). The number of halogens is 1. The summed E-state index contributed by atoms with van der Waals surface area (Å²) in [6, 6.07) is 0.260. The quantitative estimate of drug-likeness (QED) is 0.0258. The van der Waals surface area contributed by atoms with Crippen LogP contribution in [0.4, 0.5) is 0 Å². The molecule has 0 aromatic heterocycles. The molecule has 738 valence electrons. The molecule has 0 spiro atoms. The fourth-order valence-electron chi connectivity index (χ4n) is 7.51. The van der Waals surface area contributed by atoms with Crippen LogP contribution in [0.1, 0.15) is 294 Å². The van der Waals surface area contributed by atoms with Crippen LogP contribution in [0.15, 0.2) is 134 Å². The van der Waals surface area contributed by atoms with Gasteiger partial charge in [0.15, 0.2) is 64.2 Å². The van der Waals surface area contributed by atoms with E-state index in [1.54, 1.807) is 63.1 Å². The zero-order chi connectivity index (χ0) is 104. The van der Waals surface area contributed by atoms with E-state index < -0.39 is 29.5 Å². The summed E-state index contributed by atoms with van der Waals surface area (Å²) >= 11 is 5.36. The van der Waals surface area contributed by atoms with Crippen LogP contribution in [0.25, 0.3) is 0 Å². The molecule has 0 aliphatic heterocycles. The van der Waals surface area contributed by atoms with E-state index in [1.807, 2.05) is 226 Å². The van der Waals surface area contributed by atoms with Crippen molar-refractivity contribution in [2.75, 3.05) is 57.4 Å². The third-order valence-electron chi connectivity index (χ3n) is 13.6. The summed E-state index contributed by atoms with van der Waals surface area (Å²) in [5.41, 5.74) is 1.75. The lowest BCUT2D eigenvalue weighted by molar-refractivity contribution is -0.126. The van der Waals surface area contributed by atoms with Gasteiger partial charge in [0.25, 0.3) is 0 Å². The third kappa shape index (κ3) is 153. The van der Waals surface area contributed by atoms with Gasteiger partial charge in [-0.2, -0.15) is 0 Å². The van der Waals surface area contributed by atoms with Crippen molar-refractivity contribution >= 4 is 105 Å². The van der Waals surface area contributed by atoms with Crippen LogP contribution < -0.4 is 5.32 Å². The second kappa shape index (κ2) is 95.9. The summed E-state index contributed by atoms with van der Waals surface area (Å²) in [5.74, 6) is 13.9. The fraction of sp³-hybridized carbons (Fsp3) is 0.641. The molecule has 0 fully saturated rings. The molecule has 0 aliphatic carbocycles. The van der Waals surface area contributed by atoms with E-state index in [2.05, 4.69) is 83.0 Å². The van der Waals surface area contributed by atoms with E-state index in [0.29, 0.717) is 110 Å². The number of alkyl halides is 1. The number of allylic oxidation sites excluding steroid dienone is 10. The second-order valence-electron chi connectivity index (χ2n) is 35.6. The van der Waals surface area contributed by atoms with E-state index in [0.717, 1.165) is 24.1 Å². The SMILES string of the molecule is C#CC(=O)CC(C)C.C/C=C/C(=O)CC(C)C.C/C=C/S(=O)(=O)CC(C)C.C=C(C)C(=O)CC(C)C.C=C(C)S(=O)(=O)CC(C)C.C=CC(=O)C(C)C.C=CC(=O)CC(C)C.C=CC(=O)N(C)C(C)C.C=CC(=O)NCC(C)C.C=CS(=O)(=O)CC(C)C.CC#CC(=O)CC(C)C.CC(C)=CC(=O)C(C)C.CC(C)CC(=O)/C=C/CN(C)C.CC(C)CC(=O)CCCl. The van der Waals surface area contributed by atoms with Crippen molar-refractivity contribution in [3.63, 3.8) is 0 Å². The minimum atomic E-state index is -2.99. The molecule has 0 saturated heterocycles. The average molecular weight is 1870 g/mol. The highest BCUT2D eigenvalue weighted by molar-refractivity contribution is 7.95. The number of amides is 2. The van der Waals surface area contributed by atoms with Crippen LogP contribution in [0.3, 0.4) is 0 Å². The summed E-state index contributed by atoms with van der Waals surface area (Å²) in [7, 11) is -3.13. The standard InChI is InChI=1S/C10H19NO.3C8H14O.C8H12O.C7H13ClO.2C7H13NO.2C7H14O2S.C7H12O.C7H10O.C6H12O2S.C6H10O/c1-9(2)8-10(12)6-5-7-11(3)4;2*1-6(2)5-8(9)7(3)4;2*1-4-5-8(9)6-7(2)3;1-6(2)5-7(9)3-4-8;1-5-7(9)8(4)6(2)3;1-4-7(9)8-5-6(2)3;1-6(2)5-10(8,9)7(3)4;1-4-5-10(8,9)6-7(2)3;2*1-4-7(8)5-6(2)3;1-4-9(7,8)5-6(2)3;1-4-6(7)5(2)3/h5-6,9H,7-8H2,1-4H3;5,7H,1-4H3;6H,3,5H2,1-2,4H3;4-5,7H,6H2,1-3H3;7H,6H2,1-3H3;6H,3-5H2,1-2H3;5-6H,1H2,2-4H3;4,6H,1,5H2,2-3H3,(H,8,9);6H,3,5H2,1-2,4H3;4-5,7H,6H2,1-3H3;4,6H,1,5H2,2-3H3;1,6H,5H2,2-3H3;4,6H,1,5H2,2-3H3;4-5H,1H2,2-3H3/b6-5+;;;5-4+;;;;;;5-4+;;;;. The molecule has 1 N–H and O–H groups in total. The first kappa shape index (κ1) is 151. The van der Waals surface area contributed by atoms with Crippen LogP contribution in [0.5, 0.6) is 0 Å². The van der Waals surface area contributed by atoms with E-state index in [4.69, 9.17) is 18.0 Å². The van der Waals surface area contributed by atoms with Crippen LogP contribution in [-0.2, 0) is 82.3 Å². The Morgan fingerprint density at radius 2 is 0.843 bits per heavy atom. The van der Waals surface area contributed by atoms with Crippen molar-refractivity contribution in [1.82, 2.24) is 15.1 Å². The Hall–Kier alpha value is -7.67. The number of nitrogens with one attached hydrogen (secondary N) is 1. The lowest BCUT2D eigenvalue weighted by atomic mass is 10.0. The highest BCUT2D eigenvalue weighted by Gasteiger charge is 2.14. The highest BCUT2D eigenvalue weighted by Crippen LogP contribution is 2.10. The zero-order valence-electron chi connectivity index (χ0n) is 86.9. The van der Waals surface area contributed by atoms with Gasteiger partial charge < -0.3 is 15.1 Å². The molecule has 20 nitrogen and oxygen atoms in total. The molecule has 0 radical (unpaired) electrons. The van der Waals surface area contributed by atoms with Gasteiger partial charge >= 0.3 is 0 Å². The summed E-state index contributed by atoms with van der Waals surface area (Å²) in [6.45, 7) is 92.6. The van der Waals surface area contributed by atoms with Crippen LogP contribution in [0, 0.1) is 101 Å². The van der Waals surface area contributed by atoms with E-state index in [1.165, 1.54) is 36.6 Å². The van der Waals surface area contributed by atoms with Gasteiger partial charge in [-0.3, -0.25) is 52.7 Å². The van der Waals surface area contributed by atoms with Gasteiger partial charge in [0, 0.05) is 111 Å². The number of carbonyl (C=O) groups is 11. The lowest BCUT2D eigenvalue weighted by Crippen LogP contribution is -2.31. The Balaban J connectivity index is -0.0000000904. The largest absolute Gasteiger partial charge is 0.352 e. The van der Waals surface area contributed by atoms with Crippen molar-refractivity contribution in [1.29, 1.82) is 0 Å². The van der Waals surface area contributed by atoms with Gasteiger partial charge in [0.2, 0.25) is 23.4 Å². The Bertz CT molecular complexity index is 3680. The van der Waals surface area contributed by atoms with E-state index in [9.17, 15) is 78.0 Å². The molecule has 0 atom stereocenters. The average Bonchev–Trinajstić information content (AvgIpc) is 0.890. The van der Waals surface area contributed by atoms with Crippen LogP contribution in [0.2, 0.25) is 0 Å². The Morgan fingerprint density at radius 1 is 0.457 bits per heavy atom. The number of hydrogen-bond acceptors (Lipinski definition) is 18. The lowest BCUT2D eigenvalue weighted by Gasteiger charge is -2.18. The number of likely N-dealkylation sites (N-methyl/N-ethyl adjacent to an activating group) is 2. The number of terminal acetylenes is 1. The van der Waals surface area contributed by atoms with Crippen LogP contribution >= 0.6 is 11.6 Å². The summed E-state index contributed by atoms with van der Waals surface area (Å²) < 4.78 is 65.4. The molecule has 0 aromatic carbocycles. The molecule has 0 aromatic rings. The molecule has 0 heterocycles. The first-order chi connectivity index (χ1) is 57.7. The Labute approximate surface area is 784 Å². The first-order valence-corrected chi connectivity index (χ1v) is 49.4. The maximum Gasteiger partial charge on any atom is 0.245 e. The van der Waals surface area contributed by atoms with Crippen molar-refractivity contribution in [3.05, 3.63) is 134 Å². The summed E-state index contributed by atoms with van der Waals surface area (Å²) in [4.78, 5) is 122. The van der Waals surface area contributed by atoms with Crippen molar-refractivity contribution in [2.45, 2.75) is 300 Å². The van der Waals surface area contributed by atoms with Crippen molar-refractivity contribution in [2.24, 2.45) is 76.9 Å². The molecule has 2 amide bonds. The second-order valence-corrected chi connectivity index (χ2v) is 42.2. The molecule has 0 bridgehead atoms. The number of nitrogens with zero attached hydrogens (tertiary/aromatic N) is 2. The Morgan fingerprint density at radius 3 is 1.05 bits per heavy atom. The zero-order valence-corrected chi connectivity index (χ0v) is 90.1. The van der Waals surface area contributed by atoms with E-state index >= 15 is 0 Å². The van der Waals surface area contributed by atoms with Gasteiger partial charge in [-0.25, -0.2) is 25.3 Å². The number of rotatable bonds is 40. The maximum absolute atomic E-state index is 11.1. The summed E-state index contributed by atoms with van der Waals surface area (Å²) in [6.07, 6.45) is 25.3. The van der Waals surface area contributed by atoms with Gasteiger partial charge in [0.1, 0.15) is 5.78 Å². The minimum absolute atomic E-state index is 0.0231. The maximum atomic E-state index is 11.1. The normalized spacial score (nSPS) is 10.4. The van der Waals surface area contributed by atoms with Crippen LogP contribution in [-0.4, -0.2) is 162 Å². The number of carbonyl (C=O) groups excluding carboxylic acids is 11. The molecule has 127 heavy (non-hydrogen) atoms. The van der Waals surface area contributed by atoms with Gasteiger partial charge in [-0.1, -0.05) is 256 Å². The molecule has 0 unspecified atom stereocenters. The number of Topliss-reactive ketones (excluding diaryl/α,β-unsaturated/α-hetero) is 4. The monoisotopic (exact) mass is 1870 g/mol. The third-order valence-corrected chi connectivity index (χ3v) is 19.4. The predicted molar refractivity (Wildman–Crippen MR) is 548 cm³/mol.